The molecule has 38 heavy (non-hydrogen) atoms. The minimum Gasteiger partial charge on any atom is -0.507 e. The van der Waals surface area contributed by atoms with Gasteiger partial charge in [0.15, 0.2) is 5.13 Å². The maximum atomic E-state index is 13.4. The molecule has 1 unspecified atom stereocenters. The van der Waals surface area contributed by atoms with Crippen LogP contribution < -0.4 is 9.64 Å². The van der Waals surface area contributed by atoms with Crippen molar-refractivity contribution >= 4 is 55.8 Å². The van der Waals surface area contributed by atoms with E-state index in [1.807, 2.05) is 6.92 Å². The molecule has 1 saturated heterocycles. The van der Waals surface area contributed by atoms with Gasteiger partial charge in [-0.05, 0) is 55.3 Å². The Bertz CT molecular complexity index is 1410. The van der Waals surface area contributed by atoms with Crippen molar-refractivity contribution in [3.8, 4) is 5.75 Å². The van der Waals surface area contributed by atoms with Crippen LogP contribution in [0, 0.1) is 6.92 Å². The zero-order chi connectivity index (χ0) is 27.4. The Morgan fingerprint density at radius 2 is 1.87 bits per heavy atom. The van der Waals surface area contributed by atoms with Crippen LogP contribution in [0.2, 0.25) is 0 Å². The lowest BCUT2D eigenvalue weighted by atomic mass is 9.95. The summed E-state index contributed by atoms with van der Waals surface area (Å²) < 4.78 is 11.5. The first-order valence-corrected chi connectivity index (χ1v) is 13.4. The largest absolute Gasteiger partial charge is 0.507 e. The maximum Gasteiger partial charge on any atom is 0.350 e. The number of thiazole rings is 1. The molecule has 0 aliphatic carbocycles. The predicted molar refractivity (Wildman–Crippen MR) is 148 cm³/mol. The Kier molecular flexibility index (Phi) is 8.43. The fourth-order valence-electron chi connectivity index (χ4n) is 3.95. The first-order chi connectivity index (χ1) is 18.3. The predicted octanol–water partition coefficient (Wildman–Crippen LogP) is 5.97. The van der Waals surface area contributed by atoms with E-state index in [4.69, 9.17) is 9.47 Å². The van der Waals surface area contributed by atoms with Crippen molar-refractivity contribution in [1.29, 1.82) is 0 Å². The van der Waals surface area contributed by atoms with Crippen molar-refractivity contribution in [3.63, 3.8) is 0 Å². The molecule has 1 amide bonds. The molecule has 2 aromatic carbocycles. The van der Waals surface area contributed by atoms with Gasteiger partial charge >= 0.3 is 11.9 Å². The molecule has 8 nitrogen and oxygen atoms in total. The highest BCUT2D eigenvalue weighted by Crippen LogP contribution is 2.44. The summed E-state index contributed by atoms with van der Waals surface area (Å²) in [5.41, 5.74) is 1.22. The van der Waals surface area contributed by atoms with E-state index in [1.165, 1.54) is 11.0 Å². The average molecular weight is 597 g/mol. The van der Waals surface area contributed by atoms with Crippen LogP contribution >= 0.6 is 27.3 Å². The van der Waals surface area contributed by atoms with Crippen LogP contribution in [-0.4, -0.2) is 41.0 Å². The highest BCUT2D eigenvalue weighted by Gasteiger charge is 2.48. The Labute approximate surface area is 232 Å². The van der Waals surface area contributed by atoms with E-state index in [2.05, 4.69) is 27.5 Å². The van der Waals surface area contributed by atoms with Crippen molar-refractivity contribution in [1.82, 2.24) is 4.98 Å². The minimum absolute atomic E-state index is 0.0250. The minimum atomic E-state index is -0.971. The topological polar surface area (TPSA) is 106 Å². The van der Waals surface area contributed by atoms with Gasteiger partial charge in [0.25, 0.3) is 5.78 Å². The number of aromatic nitrogens is 1. The molecule has 0 saturated carbocycles. The first-order valence-electron chi connectivity index (χ1n) is 11.8. The smallest absolute Gasteiger partial charge is 0.350 e. The Morgan fingerprint density at radius 3 is 2.50 bits per heavy atom. The molecular formula is C28H25BrN2O6S. The number of aliphatic hydroxyl groups excluding tert-OH is 1. The number of hydrogen-bond donors (Lipinski definition) is 1. The van der Waals surface area contributed by atoms with Gasteiger partial charge in [0.2, 0.25) is 0 Å². The van der Waals surface area contributed by atoms with E-state index in [9.17, 15) is 19.5 Å². The molecule has 4 rings (SSSR count). The number of carbonyl (C=O) groups excluding carboxylic acids is 3. The lowest BCUT2D eigenvalue weighted by Gasteiger charge is -2.23. The van der Waals surface area contributed by atoms with Gasteiger partial charge < -0.3 is 14.6 Å². The number of aryl methyl sites for hydroxylation is 1. The number of ether oxygens (including phenoxy) is 2. The number of aliphatic hydroxyl groups is 1. The van der Waals surface area contributed by atoms with Crippen molar-refractivity contribution in [3.05, 3.63) is 92.9 Å². The van der Waals surface area contributed by atoms with Gasteiger partial charge in [0, 0.05) is 10.0 Å². The third-order valence-electron chi connectivity index (χ3n) is 5.74. The summed E-state index contributed by atoms with van der Waals surface area (Å²) >= 11 is 4.35. The number of esters is 1. The third-order valence-corrected chi connectivity index (χ3v) is 7.41. The first kappa shape index (κ1) is 27.3. The number of rotatable bonds is 9. The molecule has 0 bridgehead atoms. The molecule has 0 radical (unpaired) electrons. The number of halogens is 1. The second-order valence-corrected chi connectivity index (χ2v) is 10.3. The van der Waals surface area contributed by atoms with Crippen LogP contribution in [0.15, 0.2) is 71.2 Å². The lowest BCUT2D eigenvalue weighted by Crippen LogP contribution is -2.29. The van der Waals surface area contributed by atoms with Gasteiger partial charge in [-0.1, -0.05) is 59.0 Å². The van der Waals surface area contributed by atoms with Gasteiger partial charge in [-0.2, -0.15) is 0 Å². The van der Waals surface area contributed by atoms with Gasteiger partial charge in [0.1, 0.15) is 23.0 Å². The standard InChI is InChI=1S/C28H25BrN2O6S/c1-4-14-36-20-12-8-18(9-13-20)23(32)21-22(17-6-10-19(29)11-7-17)31(26(34)24(21)33)28-30-16(3)25(38-28)27(35)37-15-5-2/h5-13,22,32H,2,4,14-15H2,1,3H3/b23-21+. The van der Waals surface area contributed by atoms with Gasteiger partial charge in [-0.3, -0.25) is 14.5 Å². The number of carbonyl (C=O) groups is 3. The number of amides is 1. The normalized spacial score (nSPS) is 16.5. The van der Waals surface area contributed by atoms with Crippen LogP contribution in [0.1, 0.15) is 45.9 Å². The van der Waals surface area contributed by atoms with Crippen molar-refractivity contribution < 1.29 is 29.0 Å². The average Bonchev–Trinajstić information content (AvgIpc) is 3.43. The lowest BCUT2D eigenvalue weighted by molar-refractivity contribution is -0.132. The molecule has 10 heteroatoms. The van der Waals surface area contributed by atoms with Crippen molar-refractivity contribution in [2.24, 2.45) is 0 Å². The third kappa shape index (κ3) is 5.41. The van der Waals surface area contributed by atoms with Gasteiger partial charge in [-0.15, -0.1) is 0 Å². The molecular weight excluding hydrogens is 572 g/mol. The van der Waals surface area contributed by atoms with Crippen LogP contribution in [0.3, 0.4) is 0 Å². The Hall–Kier alpha value is -3.76. The fraction of sp³-hybridized carbons (Fsp3) is 0.214. The van der Waals surface area contributed by atoms with E-state index in [1.54, 1.807) is 55.5 Å². The fourth-order valence-corrected chi connectivity index (χ4v) is 5.20. The maximum absolute atomic E-state index is 13.4. The van der Waals surface area contributed by atoms with Crippen molar-refractivity contribution in [2.45, 2.75) is 26.3 Å². The molecule has 3 aromatic rings. The monoisotopic (exact) mass is 596 g/mol. The van der Waals surface area contributed by atoms with E-state index in [0.717, 1.165) is 22.2 Å². The van der Waals surface area contributed by atoms with Crippen molar-refractivity contribution in [2.75, 3.05) is 18.1 Å². The number of nitrogens with zero attached hydrogens (tertiary/aromatic N) is 2. The molecule has 1 atom stereocenters. The number of ketones is 1. The summed E-state index contributed by atoms with van der Waals surface area (Å²) in [7, 11) is 0. The zero-order valence-electron chi connectivity index (χ0n) is 20.8. The SMILES string of the molecule is C=CCOC(=O)c1sc(N2C(=O)C(=O)/C(=C(/O)c3ccc(OCCC)cc3)C2c2ccc(Br)cc2)nc1C. The summed E-state index contributed by atoms with van der Waals surface area (Å²) in [6, 6.07) is 12.7. The summed E-state index contributed by atoms with van der Waals surface area (Å²) in [5, 5.41) is 11.4. The molecule has 2 heterocycles. The molecule has 1 fully saturated rings. The van der Waals surface area contributed by atoms with E-state index >= 15 is 0 Å². The zero-order valence-corrected chi connectivity index (χ0v) is 23.2. The highest BCUT2D eigenvalue weighted by molar-refractivity contribution is 9.10. The van der Waals surface area contributed by atoms with Crippen LogP contribution in [-0.2, 0) is 14.3 Å². The van der Waals surface area contributed by atoms with E-state index in [0.29, 0.717) is 29.2 Å². The summed E-state index contributed by atoms with van der Waals surface area (Å²) in [6.45, 7) is 7.73. The second-order valence-electron chi connectivity index (χ2n) is 8.39. The van der Waals surface area contributed by atoms with E-state index < -0.39 is 23.7 Å². The quantitative estimate of drug-likeness (QED) is 0.107. The number of benzene rings is 2. The van der Waals surface area contributed by atoms with E-state index in [-0.39, 0.29) is 27.9 Å². The van der Waals surface area contributed by atoms with Crippen LogP contribution in [0.25, 0.3) is 5.76 Å². The number of Topliss-reactive ketones (excluding diaryl/α,β-unsaturated/α-hetero) is 1. The Balaban J connectivity index is 1.82. The Morgan fingerprint density at radius 1 is 1.18 bits per heavy atom. The highest BCUT2D eigenvalue weighted by atomic mass is 79.9. The van der Waals surface area contributed by atoms with Gasteiger partial charge in [-0.25, -0.2) is 9.78 Å². The second kappa shape index (κ2) is 11.7. The molecule has 1 aliphatic heterocycles. The molecule has 1 aliphatic rings. The summed E-state index contributed by atoms with van der Waals surface area (Å²) in [5.74, 6) is -2.01. The molecule has 0 spiro atoms. The molecule has 1 aromatic heterocycles. The van der Waals surface area contributed by atoms with Crippen LogP contribution in [0.4, 0.5) is 5.13 Å². The summed E-state index contributed by atoms with van der Waals surface area (Å²) in [4.78, 5) is 45.1. The van der Waals surface area contributed by atoms with Crippen LogP contribution in [0.5, 0.6) is 5.75 Å². The number of anilines is 1. The molecule has 196 valence electrons. The number of hydrogen-bond acceptors (Lipinski definition) is 8. The molecule has 1 N–H and O–H groups in total. The van der Waals surface area contributed by atoms with Gasteiger partial charge in [0.05, 0.1) is 23.9 Å². The summed E-state index contributed by atoms with van der Waals surface area (Å²) in [6.07, 6.45) is 2.30.